The summed E-state index contributed by atoms with van der Waals surface area (Å²) in [6, 6.07) is 7.87. The van der Waals surface area contributed by atoms with E-state index < -0.39 is 0 Å². The molecule has 3 nitrogen and oxygen atoms in total. The van der Waals surface area contributed by atoms with Gasteiger partial charge in [-0.2, -0.15) is 0 Å². The van der Waals surface area contributed by atoms with Crippen LogP contribution in [0.15, 0.2) is 33.4 Å². The molecule has 0 unspecified atom stereocenters. The summed E-state index contributed by atoms with van der Waals surface area (Å²) in [6.45, 7) is 3.28. The summed E-state index contributed by atoms with van der Waals surface area (Å²) in [5.41, 5.74) is 3.02. The Kier molecular flexibility index (Phi) is 5.24. The first-order valence-electron chi connectivity index (χ1n) is 6.06. The van der Waals surface area contributed by atoms with Crippen molar-refractivity contribution in [3.63, 3.8) is 0 Å². The van der Waals surface area contributed by atoms with Crippen molar-refractivity contribution < 1.29 is 9.84 Å². The maximum absolute atomic E-state index is 9.35. The molecule has 1 aromatic heterocycles. The number of hydrogen-bond donors (Lipinski definition) is 2. The van der Waals surface area contributed by atoms with Crippen molar-refractivity contribution >= 4 is 33.0 Å². The average Bonchev–Trinajstić information content (AvgIpc) is 2.83. The minimum Gasteiger partial charge on any atom is -0.494 e. The van der Waals surface area contributed by atoms with Crippen molar-refractivity contribution in [2.45, 2.75) is 20.1 Å². The van der Waals surface area contributed by atoms with E-state index in [9.17, 15) is 5.11 Å². The predicted octanol–water partition coefficient (Wildman–Crippen LogP) is 4.01. The number of anilines is 1. The third-order valence-corrected chi connectivity index (χ3v) is 4.20. The molecule has 0 aliphatic heterocycles. The van der Waals surface area contributed by atoms with Crippen LogP contribution < -0.4 is 10.1 Å². The van der Waals surface area contributed by atoms with Gasteiger partial charge in [0.2, 0.25) is 0 Å². The van der Waals surface area contributed by atoms with Gasteiger partial charge in [0.15, 0.2) is 0 Å². The fraction of sp³-hybridized carbons (Fsp3) is 0.286. The van der Waals surface area contributed by atoms with Gasteiger partial charge in [-0.25, -0.2) is 0 Å². The molecule has 0 saturated heterocycles. The first-order chi connectivity index (χ1) is 9.22. The van der Waals surface area contributed by atoms with Crippen molar-refractivity contribution in [2.75, 3.05) is 11.9 Å². The Balaban J connectivity index is 2.04. The van der Waals surface area contributed by atoms with Crippen molar-refractivity contribution in [1.82, 2.24) is 0 Å². The number of ether oxygens (including phenoxy) is 1. The SMILES string of the molecule is CCOc1ccc(NCc2csc(Br)c2)cc1CO. The first-order valence-corrected chi connectivity index (χ1v) is 7.73. The van der Waals surface area contributed by atoms with E-state index in [1.165, 1.54) is 5.56 Å². The fourth-order valence-corrected chi connectivity index (χ4v) is 2.96. The highest BCUT2D eigenvalue weighted by atomic mass is 79.9. The quantitative estimate of drug-likeness (QED) is 0.833. The Morgan fingerprint density at radius 2 is 2.21 bits per heavy atom. The summed E-state index contributed by atoms with van der Waals surface area (Å²) in [6.07, 6.45) is 0. The second kappa shape index (κ2) is 6.93. The highest BCUT2D eigenvalue weighted by Gasteiger charge is 2.04. The highest BCUT2D eigenvalue weighted by molar-refractivity contribution is 9.11. The Morgan fingerprint density at radius 3 is 2.84 bits per heavy atom. The van der Waals surface area contributed by atoms with Crippen LogP contribution in [-0.2, 0) is 13.2 Å². The lowest BCUT2D eigenvalue weighted by atomic mass is 10.2. The molecule has 2 N–H and O–H groups in total. The molecule has 1 heterocycles. The van der Waals surface area contributed by atoms with Gasteiger partial charge in [0, 0.05) is 17.8 Å². The number of halogens is 1. The van der Waals surface area contributed by atoms with Gasteiger partial charge in [0.25, 0.3) is 0 Å². The summed E-state index contributed by atoms with van der Waals surface area (Å²) >= 11 is 5.12. The van der Waals surface area contributed by atoms with Gasteiger partial charge in [0.1, 0.15) is 5.75 Å². The van der Waals surface area contributed by atoms with Crippen LogP contribution in [0.1, 0.15) is 18.1 Å². The Hall–Kier alpha value is -1.04. The Bertz CT molecular complexity index is 542. The van der Waals surface area contributed by atoms with Gasteiger partial charge >= 0.3 is 0 Å². The summed E-state index contributed by atoms with van der Waals surface area (Å²) in [5, 5.41) is 14.8. The molecule has 2 aromatic rings. The summed E-state index contributed by atoms with van der Waals surface area (Å²) in [4.78, 5) is 0. The topological polar surface area (TPSA) is 41.5 Å². The van der Waals surface area contributed by atoms with Gasteiger partial charge < -0.3 is 15.2 Å². The summed E-state index contributed by atoms with van der Waals surface area (Å²) in [5.74, 6) is 0.744. The van der Waals surface area contributed by atoms with E-state index in [0.717, 1.165) is 27.3 Å². The van der Waals surface area contributed by atoms with E-state index in [-0.39, 0.29) is 6.61 Å². The Morgan fingerprint density at radius 1 is 1.37 bits per heavy atom. The number of thiophene rings is 1. The van der Waals surface area contributed by atoms with Crippen molar-refractivity contribution in [2.24, 2.45) is 0 Å². The fourth-order valence-electron chi connectivity index (χ4n) is 1.75. The van der Waals surface area contributed by atoms with Crippen LogP contribution in [0, 0.1) is 0 Å². The number of aliphatic hydroxyl groups excluding tert-OH is 1. The standard InChI is InChI=1S/C14H16BrNO2S/c1-2-18-13-4-3-12(6-11(13)8-17)16-7-10-5-14(15)19-9-10/h3-6,9,16-17H,2,7-8H2,1H3. The normalized spacial score (nSPS) is 10.5. The molecular formula is C14H16BrNO2S. The van der Waals surface area contributed by atoms with Gasteiger partial charge in [-0.05, 0) is 58.1 Å². The van der Waals surface area contributed by atoms with E-state index in [1.807, 2.05) is 25.1 Å². The molecule has 0 aliphatic rings. The zero-order valence-electron chi connectivity index (χ0n) is 10.6. The Labute approximate surface area is 125 Å². The first kappa shape index (κ1) is 14.4. The highest BCUT2D eigenvalue weighted by Crippen LogP contribution is 2.25. The molecule has 0 aliphatic carbocycles. The van der Waals surface area contributed by atoms with E-state index in [2.05, 4.69) is 32.7 Å². The minimum atomic E-state index is -0.0190. The summed E-state index contributed by atoms with van der Waals surface area (Å²) in [7, 11) is 0. The zero-order chi connectivity index (χ0) is 13.7. The second-order valence-corrected chi connectivity index (χ2v) is 6.32. The van der Waals surface area contributed by atoms with Crippen LogP contribution in [0.4, 0.5) is 5.69 Å². The number of hydrogen-bond acceptors (Lipinski definition) is 4. The molecule has 0 atom stereocenters. The minimum absolute atomic E-state index is 0.0190. The largest absolute Gasteiger partial charge is 0.494 e. The molecule has 0 spiro atoms. The van der Waals surface area contributed by atoms with E-state index in [0.29, 0.717) is 6.61 Å². The van der Waals surface area contributed by atoms with E-state index in [4.69, 9.17) is 4.74 Å². The van der Waals surface area contributed by atoms with Crippen LogP contribution in [0.2, 0.25) is 0 Å². The zero-order valence-corrected chi connectivity index (χ0v) is 13.1. The monoisotopic (exact) mass is 341 g/mol. The summed E-state index contributed by atoms with van der Waals surface area (Å²) < 4.78 is 6.59. The van der Waals surface area contributed by atoms with Crippen LogP contribution in [0.5, 0.6) is 5.75 Å². The van der Waals surface area contributed by atoms with Gasteiger partial charge in [-0.15, -0.1) is 11.3 Å². The molecule has 0 saturated carbocycles. The molecule has 0 fully saturated rings. The number of rotatable bonds is 6. The average molecular weight is 342 g/mol. The number of benzene rings is 1. The number of nitrogens with one attached hydrogen (secondary N) is 1. The molecular weight excluding hydrogens is 326 g/mol. The molecule has 2 rings (SSSR count). The predicted molar refractivity (Wildman–Crippen MR) is 82.9 cm³/mol. The maximum Gasteiger partial charge on any atom is 0.124 e. The van der Waals surface area contributed by atoms with E-state index in [1.54, 1.807) is 11.3 Å². The van der Waals surface area contributed by atoms with Crippen LogP contribution in [0.25, 0.3) is 0 Å². The third kappa shape index (κ3) is 3.96. The lowest BCUT2D eigenvalue weighted by molar-refractivity contribution is 0.267. The van der Waals surface area contributed by atoms with Gasteiger partial charge in [-0.1, -0.05) is 0 Å². The maximum atomic E-state index is 9.35. The lowest BCUT2D eigenvalue weighted by Crippen LogP contribution is -2.01. The van der Waals surface area contributed by atoms with E-state index >= 15 is 0 Å². The smallest absolute Gasteiger partial charge is 0.124 e. The van der Waals surface area contributed by atoms with Crippen molar-refractivity contribution in [1.29, 1.82) is 0 Å². The van der Waals surface area contributed by atoms with Gasteiger partial charge in [0.05, 0.1) is 17.0 Å². The van der Waals surface area contributed by atoms with Crippen molar-refractivity contribution in [3.8, 4) is 5.75 Å². The third-order valence-electron chi connectivity index (χ3n) is 2.65. The number of aliphatic hydroxyl groups is 1. The molecule has 0 bridgehead atoms. The molecule has 19 heavy (non-hydrogen) atoms. The van der Waals surface area contributed by atoms with Crippen LogP contribution >= 0.6 is 27.3 Å². The van der Waals surface area contributed by atoms with Gasteiger partial charge in [-0.3, -0.25) is 0 Å². The van der Waals surface area contributed by atoms with Crippen molar-refractivity contribution in [3.05, 3.63) is 44.6 Å². The lowest BCUT2D eigenvalue weighted by Gasteiger charge is -2.11. The molecule has 102 valence electrons. The van der Waals surface area contributed by atoms with Crippen LogP contribution in [-0.4, -0.2) is 11.7 Å². The molecule has 0 amide bonds. The molecule has 0 radical (unpaired) electrons. The second-order valence-electron chi connectivity index (χ2n) is 4.03. The van der Waals surface area contributed by atoms with Crippen LogP contribution in [0.3, 0.4) is 0 Å². The molecule has 1 aromatic carbocycles. The molecule has 5 heteroatoms.